The van der Waals surface area contributed by atoms with Crippen LogP contribution in [0.4, 0.5) is 16.2 Å². The van der Waals surface area contributed by atoms with E-state index < -0.39 is 0 Å². The largest absolute Gasteiger partial charge is 0.325 e. The van der Waals surface area contributed by atoms with E-state index in [4.69, 9.17) is 0 Å². The van der Waals surface area contributed by atoms with Gasteiger partial charge in [-0.3, -0.25) is 4.79 Å². The van der Waals surface area contributed by atoms with Gasteiger partial charge in [0.2, 0.25) is 5.91 Å². The van der Waals surface area contributed by atoms with Crippen molar-refractivity contribution < 1.29 is 9.59 Å². The fraction of sp³-hybridized carbons (Fsp3) is 0.467. The number of hydrogen-bond donors (Lipinski definition) is 1. The van der Waals surface area contributed by atoms with Crippen molar-refractivity contribution in [2.75, 3.05) is 29.9 Å². The summed E-state index contributed by atoms with van der Waals surface area (Å²) in [6, 6.07) is 7.33. The first kappa shape index (κ1) is 14.4. The van der Waals surface area contributed by atoms with Crippen LogP contribution >= 0.6 is 0 Å². The summed E-state index contributed by atoms with van der Waals surface area (Å²) in [5.74, 6) is 0.120. The molecule has 0 saturated carbocycles. The molecule has 3 amide bonds. The Morgan fingerprint density at radius 3 is 2.60 bits per heavy atom. The zero-order chi connectivity index (χ0) is 14.5. The van der Waals surface area contributed by atoms with E-state index in [2.05, 4.69) is 5.32 Å². The number of nitrogens with one attached hydrogen (secondary N) is 1. The summed E-state index contributed by atoms with van der Waals surface area (Å²) in [7, 11) is 0. The number of para-hydroxylation sites is 2. The predicted octanol–water partition coefficient (Wildman–Crippen LogP) is 2.69. The number of rotatable bonds is 4. The van der Waals surface area contributed by atoms with E-state index in [-0.39, 0.29) is 11.9 Å². The van der Waals surface area contributed by atoms with E-state index in [9.17, 15) is 9.59 Å². The Labute approximate surface area is 119 Å². The maximum atomic E-state index is 12.1. The molecule has 20 heavy (non-hydrogen) atoms. The fourth-order valence-corrected chi connectivity index (χ4v) is 2.42. The lowest BCUT2D eigenvalue weighted by Crippen LogP contribution is -2.35. The molecule has 5 heteroatoms. The molecule has 0 spiro atoms. The molecule has 1 aromatic carbocycles. The maximum Gasteiger partial charge on any atom is 0.321 e. The van der Waals surface area contributed by atoms with Crippen molar-refractivity contribution in [3.05, 3.63) is 24.3 Å². The van der Waals surface area contributed by atoms with Gasteiger partial charge in [-0.15, -0.1) is 0 Å². The van der Waals surface area contributed by atoms with Crippen LogP contribution in [-0.4, -0.2) is 36.5 Å². The Bertz CT molecular complexity index is 498. The van der Waals surface area contributed by atoms with Crippen molar-refractivity contribution in [1.82, 2.24) is 4.90 Å². The number of anilines is 2. The van der Waals surface area contributed by atoms with Crippen LogP contribution in [0.5, 0.6) is 0 Å². The van der Waals surface area contributed by atoms with Crippen molar-refractivity contribution in [3.8, 4) is 0 Å². The monoisotopic (exact) mass is 275 g/mol. The average molecular weight is 275 g/mol. The Morgan fingerprint density at radius 2 is 2.00 bits per heavy atom. The molecule has 0 aliphatic carbocycles. The smallest absolute Gasteiger partial charge is 0.321 e. The third-order valence-electron chi connectivity index (χ3n) is 3.56. The van der Waals surface area contributed by atoms with Crippen LogP contribution in [0.15, 0.2) is 24.3 Å². The molecular weight excluding hydrogens is 254 g/mol. The summed E-state index contributed by atoms with van der Waals surface area (Å²) in [4.78, 5) is 27.5. The highest BCUT2D eigenvalue weighted by molar-refractivity contribution is 6.01. The summed E-state index contributed by atoms with van der Waals surface area (Å²) < 4.78 is 0. The van der Waals surface area contributed by atoms with Gasteiger partial charge in [-0.1, -0.05) is 12.1 Å². The van der Waals surface area contributed by atoms with Crippen LogP contribution in [0, 0.1) is 0 Å². The van der Waals surface area contributed by atoms with Gasteiger partial charge < -0.3 is 15.1 Å². The number of benzene rings is 1. The number of carbonyl (C=O) groups is 2. The van der Waals surface area contributed by atoms with Gasteiger partial charge in [-0.2, -0.15) is 0 Å². The molecule has 0 radical (unpaired) electrons. The first-order chi connectivity index (χ1) is 9.67. The Balaban J connectivity index is 2.20. The molecule has 108 valence electrons. The molecule has 0 aromatic heterocycles. The summed E-state index contributed by atoms with van der Waals surface area (Å²) in [6.07, 6.45) is 1.45. The topological polar surface area (TPSA) is 52.7 Å². The second-order valence-electron chi connectivity index (χ2n) is 4.77. The zero-order valence-corrected chi connectivity index (χ0v) is 12.1. The van der Waals surface area contributed by atoms with Crippen LogP contribution < -0.4 is 10.2 Å². The lowest BCUT2D eigenvalue weighted by Gasteiger charge is -2.23. The van der Waals surface area contributed by atoms with Gasteiger partial charge in [-0.05, 0) is 32.4 Å². The number of urea groups is 1. The first-order valence-electron chi connectivity index (χ1n) is 7.12. The summed E-state index contributed by atoms with van der Waals surface area (Å²) in [5, 5.41) is 2.90. The number of hydrogen-bond acceptors (Lipinski definition) is 2. The minimum absolute atomic E-state index is 0.120. The first-order valence-corrected chi connectivity index (χ1v) is 7.12. The van der Waals surface area contributed by atoms with Gasteiger partial charge in [0.25, 0.3) is 0 Å². The van der Waals surface area contributed by atoms with Gasteiger partial charge in [0.05, 0.1) is 11.4 Å². The Morgan fingerprint density at radius 1 is 1.30 bits per heavy atom. The summed E-state index contributed by atoms with van der Waals surface area (Å²) in [5.41, 5.74) is 1.48. The van der Waals surface area contributed by atoms with Gasteiger partial charge in [0, 0.05) is 26.1 Å². The summed E-state index contributed by atoms with van der Waals surface area (Å²) >= 11 is 0. The van der Waals surface area contributed by atoms with Gasteiger partial charge in [-0.25, -0.2) is 4.79 Å². The minimum Gasteiger partial charge on any atom is -0.325 e. The lowest BCUT2D eigenvalue weighted by atomic mass is 10.2. The molecule has 2 rings (SSSR count). The highest BCUT2D eigenvalue weighted by Gasteiger charge is 2.24. The van der Waals surface area contributed by atoms with Gasteiger partial charge in [0.15, 0.2) is 0 Å². The second-order valence-corrected chi connectivity index (χ2v) is 4.77. The van der Waals surface area contributed by atoms with Crippen molar-refractivity contribution in [2.24, 2.45) is 0 Å². The highest BCUT2D eigenvalue weighted by atomic mass is 16.2. The highest BCUT2D eigenvalue weighted by Crippen LogP contribution is 2.29. The third kappa shape index (κ3) is 2.92. The standard InChI is InChI=1S/C15H21N3O2/c1-3-17(4-2)15(20)16-12-8-5-6-9-13(12)18-11-7-10-14(18)19/h5-6,8-9H,3-4,7,10-11H2,1-2H3,(H,16,20). The Hall–Kier alpha value is -2.04. The Kier molecular flexibility index (Phi) is 4.61. The van der Waals surface area contributed by atoms with Gasteiger partial charge >= 0.3 is 6.03 Å². The molecule has 0 atom stereocenters. The molecule has 1 heterocycles. The van der Waals surface area contributed by atoms with Gasteiger partial charge in [0.1, 0.15) is 0 Å². The van der Waals surface area contributed by atoms with Crippen LogP contribution in [0.3, 0.4) is 0 Å². The molecular formula is C15H21N3O2. The third-order valence-corrected chi connectivity index (χ3v) is 3.56. The number of amides is 3. The van der Waals surface area contributed by atoms with E-state index in [1.54, 1.807) is 9.80 Å². The molecule has 1 saturated heterocycles. The van der Waals surface area contributed by atoms with Crippen molar-refractivity contribution >= 4 is 23.3 Å². The zero-order valence-electron chi connectivity index (χ0n) is 12.1. The molecule has 5 nitrogen and oxygen atoms in total. The van der Waals surface area contributed by atoms with E-state index in [1.807, 2.05) is 38.1 Å². The molecule has 1 N–H and O–H groups in total. The van der Waals surface area contributed by atoms with Crippen LogP contribution in [0.1, 0.15) is 26.7 Å². The molecule has 1 fully saturated rings. The number of nitrogens with zero attached hydrogens (tertiary/aromatic N) is 2. The quantitative estimate of drug-likeness (QED) is 0.918. The van der Waals surface area contributed by atoms with E-state index in [1.165, 1.54) is 0 Å². The molecule has 1 aliphatic rings. The van der Waals surface area contributed by atoms with Crippen molar-refractivity contribution in [2.45, 2.75) is 26.7 Å². The summed E-state index contributed by atoms with van der Waals surface area (Å²) in [6.45, 7) is 5.93. The number of carbonyl (C=O) groups excluding carboxylic acids is 2. The molecule has 1 aromatic rings. The van der Waals surface area contributed by atoms with E-state index >= 15 is 0 Å². The molecule has 0 bridgehead atoms. The van der Waals surface area contributed by atoms with Crippen molar-refractivity contribution in [3.63, 3.8) is 0 Å². The fourth-order valence-electron chi connectivity index (χ4n) is 2.42. The minimum atomic E-state index is -0.130. The lowest BCUT2D eigenvalue weighted by molar-refractivity contribution is -0.117. The van der Waals surface area contributed by atoms with E-state index in [0.29, 0.717) is 25.2 Å². The SMILES string of the molecule is CCN(CC)C(=O)Nc1ccccc1N1CCCC1=O. The second kappa shape index (κ2) is 6.41. The van der Waals surface area contributed by atoms with Crippen LogP contribution in [0.2, 0.25) is 0 Å². The maximum absolute atomic E-state index is 12.1. The molecule has 0 unspecified atom stereocenters. The van der Waals surface area contributed by atoms with Crippen LogP contribution in [-0.2, 0) is 4.79 Å². The molecule has 1 aliphatic heterocycles. The average Bonchev–Trinajstić information content (AvgIpc) is 2.87. The normalized spacial score (nSPS) is 14.5. The predicted molar refractivity (Wildman–Crippen MR) is 80.0 cm³/mol. The van der Waals surface area contributed by atoms with Crippen molar-refractivity contribution in [1.29, 1.82) is 0 Å². The van der Waals surface area contributed by atoms with E-state index in [0.717, 1.165) is 18.7 Å². The van der Waals surface area contributed by atoms with Crippen LogP contribution in [0.25, 0.3) is 0 Å².